The number of anilines is 1. The Labute approximate surface area is 118 Å². The number of aromatic nitrogens is 2. The molecule has 1 heterocycles. The Bertz CT molecular complexity index is 616. The maximum Gasteiger partial charge on any atom is 0.277 e. The van der Waals surface area contributed by atoms with Crippen LogP contribution in [0.15, 0.2) is 36.5 Å². The predicted octanol–water partition coefficient (Wildman–Crippen LogP) is 1.81. The zero-order chi connectivity index (χ0) is 14.1. The van der Waals surface area contributed by atoms with Crippen molar-refractivity contribution in [3.8, 4) is 0 Å². The molecule has 0 aliphatic heterocycles. The minimum atomic E-state index is -0.0746. The molecule has 1 aliphatic rings. The highest BCUT2D eigenvalue weighted by atomic mass is 16.2. The zero-order valence-electron chi connectivity index (χ0n) is 11.5. The lowest BCUT2D eigenvalue weighted by atomic mass is 10.2. The molecule has 1 aliphatic carbocycles. The van der Waals surface area contributed by atoms with Crippen molar-refractivity contribution in [1.29, 1.82) is 0 Å². The van der Waals surface area contributed by atoms with Crippen LogP contribution >= 0.6 is 0 Å². The molecule has 0 radical (unpaired) electrons. The fourth-order valence-electron chi connectivity index (χ4n) is 2.34. The van der Waals surface area contributed by atoms with E-state index in [0.29, 0.717) is 24.0 Å². The Kier molecular flexibility index (Phi) is 3.18. The van der Waals surface area contributed by atoms with E-state index in [-0.39, 0.29) is 5.91 Å². The van der Waals surface area contributed by atoms with Crippen LogP contribution in [0.3, 0.4) is 0 Å². The summed E-state index contributed by atoms with van der Waals surface area (Å²) in [7, 11) is 1.77. The van der Waals surface area contributed by atoms with Gasteiger partial charge in [0, 0.05) is 25.8 Å². The summed E-state index contributed by atoms with van der Waals surface area (Å²) in [4.78, 5) is 14.5. The van der Waals surface area contributed by atoms with Gasteiger partial charge in [-0.2, -0.15) is 5.10 Å². The summed E-state index contributed by atoms with van der Waals surface area (Å²) in [6.45, 7) is 0.611. The summed E-state index contributed by atoms with van der Waals surface area (Å²) in [5.41, 5.74) is 7.79. The van der Waals surface area contributed by atoms with E-state index in [2.05, 4.69) is 5.10 Å². The fourth-order valence-corrected chi connectivity index (χ4v) is 2.34. The minimum Gasteiger partial charge on any atom is -0.396 e. The third-order valence-corrected chi connectivity index (χ3v) is 3.50. The van der Waals surface area contributed by atoms with Crippen molar-refractivity contribution in [1.82, 2.24) is 14.7 Å². The number of benzene rings is 1. The Morgan fingerprint density at radius 1 is 1.40 bits per heavy atom. The first kappa shape index (κ1) is 12.7. The van der Waals surface area contributed by atoms with E-state index in [0.717, 1.165) is 18.4 Å². The highest BCUT2D eigenvalue weighted by Crippen LogP contribution is 2.30. The molecule has 2 N–H and O–H groups in total. The van der Waals surface area contributed by atoms with Gasteiger partial charge in [-0.3, -0.25) is 9.48 Å². The van der Waals surface area contributed by atoms with Gasteiger partial charge < -0.3 is 10.6 Å². The molecule has 20 heavy (non-hydrogen) atoms. The lowest BCUT2D eigenvalue weighted by Gasteiger charge is -2.21. The number of nitrogen functional groups attached to an aromatic ring is 1. The van der Waals surface area contributed by atoms with Crippen LogP contribution in [-0.2, 0) is 13.6 Å². The van der Waals surface area contributed by atoms with E-state index >= 15 is 0 Å². The lowest BCUT2D eigenvalue weighted by molar-refractivity contribution is 0.0724. The predicted molar refractivity (Wildman–Crippen MR) is 77.0 cm³/mol. The Morgan fingerprint density at radius 3 is 2.65 bits per heavy atom. The van der Waals surface area contributed by atoms with E-state index in [1.165, 1.54) is 0 Å². The number of nitrogens with two attached hydrogens (primary N) is 1. The van der Waals surface area contributed by atoms with Crippen LogP contribution in [0.4, 0.5) is 5.69 Å². The molecule has 1 amide bonds. The third-order valence-electron chi connectivity index (χ3n) is 3.50. The normalized spacial score (nSPS) is 14.2. The van der Waals surface area contributed by atoms with Crippen LogP contribution in [0.2, 0.25) is 0 Å². The zero-order valence-corrected chi connectivity index (χ0v) is 11.5. The quantitative estimate of drug-likeness (QED) is 0.921. The van der Waals surface area contributed by atoms with Crippen LogP contribution in [0.25, 0.3) is 0 Å². The molecule has 0 atom stereocenters. The largest absolute Gasteiger partial charge is 0.396 e. The smallest absolute Gasteiger partial charge is 0.277 e. The Morgan fingerprint density at radius 2 is 2.10 bits per heavy atom. The van der Waals surface area contributed by atoms with Gasteiger partial charge >= 0.3 is 0 Å². The second kappa shape index (κ2) is 5.00. The Hall–Kier alpha value is -2.30. The van der Waals surface area contributed by atoms with Gasteiger partial charge in [0.15, 0.2) is 5.69 Å². The molecule has 1 fully saturated rings. The van der Waals surface area contributed by atoms with Crippen molar-refractivity contribution in [2.45, 2.75) is 25.4 Å². The van der Waals surface area contributed by atoms with Crippen LogP contribution in [-0.4, -0.2) is 26.6 Å². The molecule has 1 aromatic heterocycles. The van der Waals surface area contributed by atoms with Gasteiger partial charge in [0.05, 0.1) is 5.69 Å². The highest BCUT2D eigenvalue weighted by molar-refractivity contribution is 5.97. The SMILES string of the molecule is Cn1cc(N)c(C(=O)N(Cc2ccccc2)C2CC2)n1. The number of aryl methyl sites for hydroxylation is 1. The third kappa shape index (κ3) is 2.52. The molecule has 104 valence electrons. The topological polar surface area (TPSA) is 64.2 Å². The standard InChI is InChI=1S/C15H18N4O/c1-18-10-13(16)14(17-18)15(20)19(12-7-8-12)9-11-5-3-2-4-6-11/h2-6,10,12H,7-9,16H2,1H3. The number of rotatable bonds is 4. The number of nitrogens with zero attached hydrogens (tertiary/aromatic N) is 3. The molecular formula is C15H18N4O. The van der Waals surface area contributed by atoms with E-state index in [1.54, 1.807) is 17.9 Å². The second-order valence-corrected chi connectivity index (χ2v) is 5.26. The maximum atomic E-state index is 12.6. The summed E-state index contributed by atoms with van der Waals surface area (Å²) in [6, 6.07) is 10.3. The molecule has 0 saturated heterocycles. The van der Waals surface area contributed by atoms with E-state index in [1.807, 2.05) is 35.2 Å². The molecule has 5 heteroatoms. The molecule has 1 aromatic carbocycles. The first-order valence-electron chi connectivity index (χ1n) is 6.79. The second-order valence-electron chi connectivity index (χ2n) is 5.26. The average Bonchev–Trinajstić information content (AvgIpc) is 3.22. The number of carbonyl (C=O) groups excluding carboxylic acids is 1. The fraction of sp³-hybridized carbons (Fsp3) is 0.333. The van der Waals surface area contributed by atoms with Crippen molar-refractivity contribution >= 4 is 11.6 Å². The summed E-state index contributed by atoms with van der Waals surface area (Å²) in [5, 5.41) is 4.18. The first-order valence-corrected chi connectivity index (χ1v) is 6.79. The van der Waals surface area contributed by atoms with E-state index in [9.17, 15) is 4.79 Å². The summed E-state index contributed by atoms with van der Waals surface area (Å²) >= 11 is 0. The molecule has 2 aromatic rings. The molecule has 1 saturated carbocycles. The first-order chi connectivity index (χ1) is 9.65. The van der Waals surface area contributed by atoms with Crippen molar-refractivity contribution in [2.24, 2.45) is 7.05 Å². The van der Waals surface area contributed by atoms with Crippen LogP contribution in [0, 0.1) is 0 Å². The number of carbonyl (C=O) groups is 1. The molecule has 0 unspecified atom stereocenters. The molecule has 3 rings (SSSR count). The molecule has 5 nitrogen and oxygen atoms in total. The van der Waals surface area contributed by atoms with Gasteiger partial charge in [-0.15, -0.1) is 0 Å². The van der Waals surface area contributed by atoms with E-state index < -0.39 is 0 Å². The number of amides is 1. The van der Waals surface area contributed by atoms with Gasteiger partial charge in [-0.05, 0) is 18.4 Å². The van der Waals surface area contributed by atoms with Crippen LogP contribution in [0.1, 0.15) is 28.9 Å². The van der Waals surface area contributed by atoms with E-state index in [4.69, 9.17) is 5.73 Å². The maximum absolute atomic E-state index is 12.6. The summed E-state index contributed by atoms with van der Waals surface area (Å²) in [5.74, 6) is -0.0746. The van der Waals surface area contributed by atoms with Crippen molar-refractivity contribution < 1.29 is 4.79 Å². The lowest BCUT2D eigenvalue weighted by Crippen LogP contribution is -2.33. The summed E-state index contributed by atoms with van der Waals surface area (Å²) in [6.07, 6.45) is 3.79. The van der Waals surface area contributed by atoms with Crippen LogP contribution < -0.4 is 5.73 Å². The Balaban J connectivity index is 1.84. The van der Waals surface area contributed by atoms with Gasteiger partial charge in [-0.1, -0.05) is 30.3 Å². The molecule has 0 spiro atoms. The van der Waals surface area contributed by atoms with Gasteiger partial charge in [-0.25, -0.2) is 0 Å². The van der Waals surface area contributed by atoms with Gasteiger partial charge in [0.2, 0.25) is 0 Å². The summed E-state index contributed by atoms with van der Waals surface area (Å²) < 4.78 is 1.58. The van der Waals surface area contributed by atoms with Gasteiger partial charge in [0.25, 0.3) is 5.91 Å². The van der Waals surface area contributed by atoms with Gasteiger partial charge in [0.1, 0.15) is 0 Å². The van der Waals surface area contributed by atoms with Crippen molar-refractivity contribution in [3.63, 3.8) is 0 Å². The highest BCUT2D eigenvalue weighted by Gasteiger charge is 2.34. The van der Waals surface area contributed by atoms with Crippen molar-refractivity contribution in [2.75, 3.05) is 5.73 Å². The molecule has 0 bridgehead atoms. The number of hydrogen-bond acceptors (Lipinski definition) is 3. The average molecular weight is 270 g/mol. The minimum absolute atomic E-state index is 0.0746. The monoisotopic (exact) mass is 270 g/mol. The number of hydrogen-bond donors (Lipinski definition) is 1. The van der Waals surface area contributed by atoms with Crippen LogP contribution in [0.5, 0.6) is 0 Å². The van der Waals surface area contributed by atoms with Crippen molar-refractivity contribution in [3.05, 3.63) is 47.8 Å². The molecular weight excluding hydrogens is 252 g/mol.